The van der Waals surface area contributed by atoms with Crippen LogP contribution in [0, 0.1) is 12.8 Å². The second kappa shape index (κ2) is 9.76. The highest BCUT2D eigenvalue weighted by atomic mass is 16.6. The number of para-hydroxylation sites is 1. The third kappa shape index (κ3) is 5.90. The minimum absolute atomic E-state index is 0.0279. The number of amides is 2. The van der Waals surface area contributed by atoms with Gasteiger partial charge in [-0.3, -0.25) is 4.79 Å². The Labute approximate surface area is 191 Å². The molecule has 1 aromatic carbocycles. The Morgan fingerprint density at radius 2 is 1.91 bits per heavy atom. The van der Waals surface area contributed by atoms with Crippen LogP contribution in [0.15, 0.2) is 36.4 Å². The smallest absolute Gasteiger partial charge is 0.410 e. The highest BCUT2D eigenvalue weighted by Gasteiger charge is 2.31. The van der Waals surface area contributed by atoms with E-state index >= 15 is 0 Å². The molecule has 0 saturated carbocycles. The lowest BCUT2D eigenvalue weighted by Gasteiger charge is -2.37. The van der Waals surface area contributed by atoms with Crippen LogP contribution in [-0.2, 0) is 4.74 Å². The molecular formula is C25H36N4O3. The van der Waals surface area contributed by atoms with Crippen LogP contribution in [-0.4, -0.2) is 62.9 Å². The molecule has 1 unspecified atom stereocenters. The Morgan fingerprint density at radius 3 is 2.53 bits per heavy atom. The van der Waals surface area contributed by atoms with Crippen LogP contribution in [0.1, 0.15) is 63.6 Å². The van der Waals surface area contributed by atoms with Crippen LogP contribution < -0.4 is 0 Å². The van der Waals surface area contributed by atoms with Gasteiger partial charge in [-0.05, 0) is 78.5 Å². The number of rotatable bonds is 5. The Kier molecular flexibility index (Phi) is 7.26. The molecule has 2 amide bonds. The maximum atomic E-state index is 13.2. The van der Waals surface area contributed by atoms with Crippen molar-refractivity contribution in [2.75, 3.05) is 19.6 Å². The van der Waals surface area contributed by atoms with Gasteiger partial charge in [-0.2, -0.15) is 5.10 Å². The van der Waals surface area contributed by atoms with E-state index in [0.717, 1.165) is 24.2 Å². The van der Waals surface area contributed by atoms with E-state index in [1.165, 1.54) is 0 Å². The van der Waals surface area contributed by atoms with E-state index in [1.54, 1.807) is 9.58 Å². The van der Waals surface area contributed by atoms with Gasteiger partial charge in [0.25, 0.3) is 5.91 Å². The van der Waals surface area contributed by atoms with Crippen LogP contribution in [0.2, 0.25) is 0 Å². The molecule has 7 nitrogen and oxygen atoms in total. The standard InChI is InChI=1S/C25H36N4O3/c1-18(2)28(24(31)32-25(4,5)6)17-20-11-10-14-27(16-20)23(30)22-15-19(3)29(26-22)21-12-8-7-9-13-21/h7-9,12-13,15,18,20H,10-11,14,16-17H2,1-6H3. The minimum atomic E-state index is -0.534. The average molecular weight is 441 g/mol. The zero-order chi connectivity index (χ0) is 23.5. The molecule has 7 heteroatoms. The number of nitrogens with zero attached hydrogens (tertiary/aromatic N) is 4. The molecule has 32 heavy (non-hydrogen) atoms. The quantitative estimate of drug-likeness (QED) is 0.677. The SMILES string of the molecule is Cc1cc(C(=O)N2CCCC(CN(C(=O)OC(C)(C)C)C(C)C)C2)nn1-c1ccccc1. The summed E-state index contributed by atoms with van der Waals surface area (Å²) >= 11 is 0. The monoisotopic (exact) mass is 440 g/mol. The molecule has 1 aliphatic rings. The summed E-state index contributed by atoms with van der Waals surface area (Å²) in [6, 6.07) is 11.7. The molecule has 1 fully saturated rings. The van der Waals surface area contributed by atoms with Gasteiger partial charge < -0.3 is 14.5 Å². The highest BCUT2D eigenvalue weighted by molar-refractivity contribution is 5.92. The fourth-order valence-corrected chi connectivity index (χ4v) is 4.06. The molecule has 0 radical (unpaired) electrons. The van der Waals surface area contributed by atoms with Crippen LogP contribution in [0.4, 0.5) is 4.79 Å². The molecule has 174 valence electrons. The number of aryl methyl sites for hydroxylation is 1. The van der Waals surface area contributed by atoms with E-state index in [0.29, 0.717) is 25.3 Å². The number of ether oxygens (including phenoxy) is 1. The summed E-state index contributed by atoms with van der Waals surface area (Å²) in [6.07, 6.45) is 1.59. The molecule has 0 spiro atoms. The predicted molar refractivity (Wildman–Crippen MR) is 125 cm³/mol. The fourth-order valence-electron chi connectivity index (χ4n) is 4.06. The average Bonchev–Trinajstić information content (AvgIpc) is 3.12. The number of piperidine rings is 1. The molecule has 1 saturated heterocycles. The van der Waals surface area contributed by atoms with Crippen molar-refractivity contribution < 1.29 is 14.3 Å². The second-order valence-corrected chi connectivity index (χ2v) is 9.90. The maximum absolute atomic E-state index is 13.2. The summed E-state index contributed by atoms with van der Waals surface area (Å²) in [6.45, 7) is 13.5. The zero-order valence-electron chi connectivity index (χ0n) is 20.2. The number of hydrogen-bond donors (Lipinski definition) is 0. The van der Waals surface area contributed by atoms with Crippen LogP contribution in [0.25, 0.3) is 5.69 Å². The highest BCUT2D eigenvalue weighted by Crippen LogP contribution is 2.22. The molecule has 2 heterocycles. The molecule has 0 aliphatic carbocycles. The largest absolute Gasteiger partial charge is 0.444 e. The Balaban J connectivity index is 1.69. The summed E-state index contributed by atoms with van der Waals surface area (Å²) in [7, 11) is 0. The van der Waals surface area contributed by atoms with Gasteiger partial charge in [0.2, 0.25) is 0 Å². The van der Waals surface area contributed by atoms with Crippen molar-refractivity contribution in [3.05, 3.63) is 47.8 Å². The first-order valence-corrected chi connectivity index (χ1v) is 11.5. The molecule has 1 aromatic heterocycles. The second-order valence-electron chi connectivity index (χ2n) is 9.90. The Bertz CT molecular complexity index is 930. The lowest BCUT2D eigenvalue weighted by molar-refractivity contribution is 0.0123. The van der Waals surface area contributed by atoms with E-state index in [1.807, 2.05) is 82.8 Å². The van der Waals surface area contributed by atoms with Crippen molar-refractivity contribution in [2.45, 2.75) is 66.0 Å². The summed E-state index contributed by atoms with van der Waals surface area (Å²) in [5.74, 6) is 0.153. The Morgan fingerprint density at radius 1 is 1.22 bits per heavy atom. The normalized spacial score (nSPS) is 16.8. The van der Waals surface area contributed by atoms with Crippen molar-refractivity contribution in [2.24, 2.45) is 5.92 Å². The zero-order valence-corrected chi connectivity index (χ0v) is 20.2. The third-order valence-corrected chi connectivity index (χ3v) is 5.62. The van der Waals surface area contributed by atoms with Crippen LogP contribution in [0.3, 0.4) is 0 Å². The lowest BCUT2D eigenvalue weighted by atomic mass is 9.96. The van der Waals surface area contributed by atoms with Gasteiger partial charge in [0.15, 0.2) is 5.69 Å². The van der Waals surface area contributed by atoms with Crippen molar-refractivity contribution in [3.63, 3.8) is 0 Å². The molecular weight excluding hydrogens is 404 g/mol. The maximum Gasteiger partial charge on any atom is 0.410 e. The van der Waals surface area contributed by atoms with E-state index < -0.39 is 5.60 Å². The lowest BCUT2D eigenvalue weighted by Crippen LogP contribution is -2.48. The van der Waals surface area contributed by atoms with Gasteiger partial charge in [0, 0.05) is 31.4 Å². The first kappa shape index (κ1) is 23.8. The minimum Gasteiger partial charge on any atom is -0.444 e. The predicted octanol–water partition coefficient (Wildman–Crippen LogP) is 4.68. The van der Waals surface area contributed by atoms with Gasteiger partial charge >= 0.3 is 6.09 Å². The van der Waals surface area contributed by atoms with E-state index in [2.05, 4.69) is 5.10 Å². The molecule has 1 aliphatic heterocycles. The van der Waals surface area contributed by atoms with E-state index in [-0.39, 0.29) is 24.0 Å². The van der Waals surface area contributed by atoms with Gasteiger partial charge in [0.05, 0.1) is 5.69 Å². The van der Waals surface area contributed by atoms with Crippen molar-refractivity contribution in [3.8, 4) is 5.69 Å². The van der Waals surface area contributed by atoms with Gasteiger partial charge in [-0.25, -0.2) is 9.48 Å². The molecule has 1 atom stereocenters. The van der Waals surface area contributed by atoms with Crippen molar-refractivity contribution in [1.29, 1.82) is 0 Å². The first-order chi connectivity index (χ1) is 15.0. The topological polar surface area (TPSA) is 67.7 Å². The number of likely N-dealkylation sites (tertiary alicyclic amines) is 1. The van der Waals surface area contributed by atoms with E-state index in [9.17, 15) is 9.59 Å². The van der Waals surface area contributed by atoms with Gasteiger partial charge in [0.1, 0.15) is 5.60 Å². The summed E-state index contributed by atoms with van der Waals surface area (Å²) in [5, 5.41) is 4.58. The van der Waals surface area contributed by atoms with Crippen molar-refractivity contribution in [1.82, 2.24) is 19.6 Å². The molecule has 0 bridgehead atoms. The number of hydrogen-bond acceptors (Lipinski definition) is 4. The van der Waals surface area contributed by atoms with E-state index in [4.69, 9.17) is 4.74 Å². The van der Waals surface area contributed by atoms with Crippen LogP contribution >= 0.6 is 0 Å². The molecule has 0 N–H and O–H groups in total. The molecule has 2 aromatic rings. The van der Waals surface area contributed by atoms with Crippen molar-refractivity contribution >= 4 is 12.0 Å². The summed E-state index contributed by atoms with van der Waals surface area (Å²) < 4.78 is 7.40. The van der Waals surface area contributed by atoms with Gasteiger partial charge in [-0.1, -0.05) is 18.2 Å². The molecule has 3 rings (SSSR count). The summed E-state index contributed by atoms with van der Waals surface area (Å²) in [4.78, 5) is 29.6. The van der Waals surface area contributed by atoms with Crippen LogP contribution in [0.5, 0.6) is 0 Å². The number of carbonyl (C=O) groups excluding carboxylic acids is 2. The number of benzene rings is 1. The summed E-state index contributed by atoms with van der Waals surface area (Å²) in [5.41, 5.74) is 1.78. The van der Waals surface area contributed by atoms with Gasteiger partial charge in [-0.15, -0.1) is 0 Å². The Hall–Kier alpha value is -2.83. The number of carbonyl (C=O) groups is 2. The first-order valence-electron chi connectivity index (χ1n) is 11.5. The number of aromatic nitrogens is 2. The third-order valence-electron chi connectivity index (χ3n) is 5.62. The fraction of sp³-hybridized carbons (Fsp3) is 0.560.